The molecule has 7 heteroatoms. The summed E-state index contributed by atoms with van der Waals surface area (Å²) in [5.74, 6) is 0.757. The van der Waals surface area contributed by atoms with Crippen molar-refractivity contribution in [1.29, 1.82) is 5.26 Å². The Labute approximate surface area is 104 Å². The highest BCUT2D eigenvalue weighted by atomic mass is 32.2. The van der Waals surface area contributed by atoms with Gasteiger partial charge in [0, 0.05) is 12.3 Å². The Bertz CT molecular complexity index is 433. The van der Waals surface area contributed by atoms with Gasteiger partial charge in [-0.05, 0) is 19.9 Å². The minimum absolute atomic E-state index is 0.146. The highest BCUT2D eigenvalue weighted by Crippen LogP contribution is 2.15. The molecule has 0 radical (unpaired) electrons. The average Bonchev–Trinajstić information content (AvgIpc) is 2.68. The van der Waals surface area contributed by atoms with Gasteiger partial charge in [0.05, 0.1) is 12.1 Å². The Morgan fingerprint density at radius 1 is 1.71 bits per heavy atom. The third kappa shape index (κ3) is 3.91. The molecular weight excluding hydrogens is 238 g/mol. The Hall–Kier alpha value is -1.26. The Morgan fingerprint density at radius 3 is 3.06 bits per heavy atom. The van der Waals surface area contributed by atoms with Crippen molar-refractivity contribution in [2.75, 3.05) is 12.8 Å². The first-order chi connectivity index (χ1) is 8.22. The van der Waals surface area contributed by atoms with E-state index in [4.69, 9.17) is 5.26 Å². The molecule has 0 fully saturated rings. The van der Waals surface area contributed by atoms with Gasteiger partial charge < -0.3 is 5.32 Å². The van der Waals surface area contributed by atoms with Crippen molar-refractivity contribution < 1.29 is 0 Å². The van der Waals surface area contributed by atoms with Crippen LogP contribution in [0.4, 0.5) is 0 Å². The standard InChI is InChI=1S/C10H17N5OS/c1-3-5-15-9(16)13-14-10(15)17-6-4-8(7-11)12-2/h8,12H,3-6H2,1-2H3,(H,13,16). The topological polar surface area (TPSA) is 86.5 Å². The van der Waals surface area contributed by atoms with Gasteiger partial charge >= 0.3 is 5.69 Å². The monoisotopic (exact) mass is 255 g/mol. The lowest BCUT2D eigenvalue weighted by molar-refractivity contribution is 0.602. The SMILES string of the molecule is CCCn1c(SCCC(C#N)NC)n[nH]c1=O. The molecule has 1 rings (SSSR count). The van der Waals surface area contributed by atoms with Crippen LogP contribution in [0.15, 0.2) is 9.95 Å². The molecular formula is C10H17N5OS. The van der Waals surface area contributed by atoms with E-state index >= 15 is 0 Å². The second-order valence-corrected chi connectivity index (χ2v) is 4.63. The second-order valence-electron chi connectivity index (χ2n) is 3.57. The number of nitrogens with zero attached hydrogens (tertiary/aromatic N) is 3. The van der Waals surface area contributed by atoms with Crippen molar-refractivity contribution >= 4 is 11.8 Å². The van der Waals surface area contributed by atoms with Crippen LogP contribution in [0.1, 0.15) is 19.8 Å². The fourth-order valence-corrected chi connectivity index (χ4v) is 2.35. The van der Waals surface area contributed by atoms with E-state index in [0.29, 0.717) is 11.7 Å². The van der Waals surface area contributed by atoms with Gasteiger partial charge in [0.1, 0.15) is 0 Å². The van der Waals surface area contributed by atoms with E-state index in [1.807, 2.05) is 6.92 Å². The molecule has 0 saturated carbocycles. The summed E-state index contributed by atoms with van der Waals surface area (Å²) in [6.45, 7) is 2.69. The smallest absolute Gasteiger partial charge is 0.305 e. The van der Waals surface area contributed by atoms with Crippen LogP contribution in [0, 0.1) is 11.3 Å². The fraction of sp³-hybridized carbons (Fsp3) is 0.700. The van der Waals surface area contributed by atoms with Crippen LogP contribution in [-0.4, -0.2) is 33.6 Å². The number of hydrogen-bond donors (Lipinski definition) is 2. The van der Waals surface area contributed by atoms with Crippen molar-refractivity contribution in [1.82, 2.24) is 20.1 Å². The summed E-state index contributed by atoms with van der Waals surface area (Å²) >= 11 is 1.50. The van der Waals surface area contributed by atoms with Crippen LogP contribution >= 0.6 is 11.8 Å². The molecule has 0 aliphatic heterocycles. The minimum atomic E-state index is -0.167. The number of thioether (sulfide) groups is 1. The molecule has 0 saturated heterocycles. The van der Waals surface area contributed by atoms with Gasteiger partial charge in [0.25, 0.3) is 0 Å². The molecule has 1 aromatic rings. The quantitative estimate of drug-likeness (QED) is 0.696. The van der Waals surface area contributed by atoms with Crippen molar-refractivity contribution in [3.63, 3.8) is 0 Å². The lowest BCUT2D eigenvalue weighted by Crippen LogP contribution is -2.23. The van der Waals surface area contributed by atoms with Crippen molar-refractivity contribution in [3.8, 4) is 6.07 Å². The number of hydrogen-bond acceptors (Lipinski definition) is 5. The van der Waals surface area contributed by atoms with Crippen LogP contribution < -0.4 is 11.0 Å². The Morgan fingerprint density at radius 2 is 2.47 bits per heavy atom. The molecule has 1 aromatic heterocycles. The number of aromatic nitrogens is 3. The third-order valence-electron chi connectivity index (χ3n) is 2.31. The summed E-state index contributed by atoms with van der Waals surface area (Å²) in [5, 5.41) is 18.8. The Kier molecular flexibility index (Phi) is 5.80. The van der Waals surface area contributed by atoms with Gasteiger partial charge in [0.15, 0.2) is 5.16 Å². The molecule has 17 heavy (non-hydrogen) atoms. The number of nitrogens with one attached hydrogen (secondary N) is 2. The maximum Gasteiger partial charge on any atom is 0.343 e. The molecule has 2 N–H and O–H groups in total. The fourth-order valence-electron chi connectivity index (χ4n) is 1.38. The molecule has 0 aliphatic carbocycles. The van der Waals surface area contributed by atoms with Gasteiger partial charge in [-0.3, -0.25) is 4.57 Å². The molecule has 0 amide bonds. The number of nitriles is 1. The average molecular weight is 255 g/mol. The lowest BCUT2D eigenvalue weighted by Gasteiger charge is -2.07. The van der Waals surface area contributed by atoms with Gasteiger partial charge in [-0.15, -0.1) is 5.10 Å². The lowest BCUT2D eigenvalue weighted by atomic mass is 10.3. The highest BCUT2D eigenvalue weighted by Gasteiger charge is 2.09. The first-order valence-electron chi connectivity index (χ1n) is 5.57. The van der Waals surface area contributed by atoms with E-state index in [1.54, 1.807) is 11.6 Å². The van der Waals surface area contributed by atoms with Crippen LogP contribution in [0.2, 0.25) is 0 Å². The number of aromatic amines is 1. The van der Waals surface area contributed by atoms with Crippen LogP contribution in [-0.2, 0) is 6.54 Å². The van der Waals surface area contributed by atoms with Gasteiger partial charge in [0.2, 0.25) is 0 Å². The van der Waals surface area contributed by atoms with E-state index in [-0.39, 0.29) is 11.7 Å². The van der Waals surface area contributed by atoms with Gasteiger partial charge in [-0.25, -0.2) is 9.89 Å². The van der Waals surface area contributed by atoms with E-state index in [2.05, 4.69) is 21.6 Å². The molecule has 0 aliphatic rings. The molecule has 0 bridgehead atoms. The van der Waals surface area contributed by atoms with Crippen LogP contribution in [0.5, 0.6) is 0 Å². The summed E-state index contributed by atoms with van der Waals surface area (Å²) in [6.07, 6.45) is 1.62. The summed E-state index contributed by atoms with van der Waals surface area (Å²) in [6, 6.07) is 2.02. The van der Waals surface area contributed by atoms with Crippen LogP contribution in [0.3, 0.4) is 0 Å². The van der Waals surface area contributed by atoms with Crippen molar-refractivity contribution in [2.24, 2.45) is 0 Å². The molecule has 0 aromatic carbocycles. The van der Waals surface area contributed by atoms with Crippen LogP contribution in [0.25, 0.3) is 0 Å². The Balaban J connectivity index is 2.52. The summed E-state index contributed by atoms with van der Waals surface area (Å²) in [5.41, 5.74) is -0.167. The first-order valence-corrected chi connectivity index (χ1v) is 6.56. The third-order valence-corrected chi connectivity index (χ3v) is 3.32. The van der Waals surface area contributed by atoms with Crippen molar-refractivity contribution in [3.05, 3.63) is 10.5 Å². The molecule has 6 nitrogen and oxygen atoms in total. The summed E-state index contributed by atoms with van der Waals surface area (Å²) in [4.78, 5) is 11.4. The predicted octanol–water partition coefficient (Wildman–Crippen LogP) is 0.575. The highest BCUT2D eigenvalue weighted by molar-refractivity contribution is 7.99. The number of rotatable bonds is 7. The van der Waals surface area contributed by atoms with E-state index in [0.717, 1.165) is 18.6 Å². The molecule has 1 heterocycles. The molecule has 1 atom stereocenters. The maximum atomic E-state index is 11.4. The largest absolute Gasteiger partial charge is 0.343 e. The summed E-state index contributed by atoms with van der Waals surface area (Å²) < 4.78 is 1.63. The molecule has 1 unspecified atom stereocenters. The first kappa shape index (κ1) is 13.8. The summed E-state index contributed by atoms with van der Waals surface area (Å²) in [7, 11) is 1.76. The second kappa shape index (κ2) is 7.14. The van der Waals surface area contributed by atoms with Gasteiger partial charge in [-0.1, -0.05) is 18.7 Å². The zero-order valence-corrected chi connectivity index (χ0v) is 10.9. The van der Waals surface area contributed by atoms with E-state index in [9.17, 15) is 4.79 Å². The number of H-pyrrole nitrogens is 1. The zero-order valence-electron chi connectivity index (χ0n) is 10.1. The predicted molar refractivity (Wildman–Crippen MR) is 66.9 cm³/mol. The van der Waals surface area contributed by atoms with Crippen molar-refractivity contribution in [2.45, 2.75) is 37.5 Å². The van der Waals surface area contributed by atoms with E-state index < -0.39 is 0 Å². The van der Waals surface area contributed by atoms with Gasteiger partial charge in [-0.2, -0.15) is 5.26 Å². The molecule has 0 spiro atoms. The normalized spacial score (nSPS) is 12.3. The zero-order chi connectivity index (χ0) is 12.7. The molecule has 94 valence electrons. The maximum absolute atomic E-state index is 11.4. The van der Waals surface area contributed by atoms with E-state index in [1.165, 1.54) is 11.8 Å². The minimum Gasteiger partial charge on any atom is -0.305 e.